The highest BCUT2D eigenvalue weighted by Gasteiger charge is 2.11. The van der Waals surface area contributed by atoms with Crippen LogP contribution in [0.3, 0.4) is 0 Å². The van der Waals surface area contributed by atoms with Gasteiger partial charge < -0.3 is 4.74 Å². The molecule has 0 aliphatic rings. The molecule has 0 aliphatic carbocycles. The van der Waals surface area contributed by atoms with Gasteiger partial charge in [-0.1, -0.05) is 20.8 Å². The Labute approximate surface area is 84.3 Å². The highest BCUT2D eigenvalue weighted by atomic mass is 16.5. The summed E-state index contributed by atoms with van der Waals surface area (Å²) < 4.78 is 5.45. The van der Waals surface area contributed by atoms with E-state index in [1.807, 2.05) is 6.07 Å². The van der Waals surface area contributed by atoms with Crippen molar-refractivity contribution in [1.82, 2.24) is 4.98 Å². The van der Waals surface area contributed by atoms with Crippen LogP contribution >= 0.6 is 0 Å². The Morgan fingerprint density at radius 1 is 1.50 bits per heavy atom. The van der Waals surface area contributed by atoms with Crippen molar-refractivity contribution in [3.8, 4) is 11.9 Å². The molecule has 0 radical (unpaired) electrons. The van der Waals surface area contributed by atoms with Gasteiger partial charge in [-0.2, -0.15) is 5.26 Å². The zero-order chi connectivity index (χ0) is 10.6. The van der Waals surface area contributed by atoms with Crippen LogP contribution in [0.15, 0.2) is 18.3 Å². The molecule has 14 heavy (non-hydrogen) atoms. The summed E-state index contributed by atoms with van der Waals surface area (Å²) in [5.41, 5.74) is 0.675. The van der Waals surface area contributed by atoms with Crippen molar-refractivity contribution >= 4 is 0 Å². The van der Waals surface area contributed by atoms with E-state index in [0.717, 1.165) is 0 Å². The number of hydrogen-bond acceptors (Lipinski definition) is 3. The van der Waals surface area contributed by atoms with Crippen molar-refractivity contribution in [1.29, 1.82) is 5.26 Å². The summed E-state index contributed by atoms with van der Waals surface area (Å²) in [5, 5.41) is 8.66. The Morgan fingerprint density at radius 2 is 2.21 bits per heavy atom. The zero-order valence-electron chi connectivity index (χ0n) is 8.74. The summed E-state index contributed by atoms with van der Waals surface area (Å²) in [6, 6.07) is 5.35. The van der Waals surface area contributed by atoms with E-state index in [1.54, 1.807) is 18.3 Å². The van der Waals surface area contributed by atoms with E-state index in [0.29, 0.717) is 18.1 Å². The highest BCUT2D eigenvalue weighted by Crippen LogP contribution is 2.16. The third-order valence-electron chi connectivity index (χ3n) is 1.52. The van der Waals surface area contributed by atoms with E-state index in [2.05, 4.69) is 25.8 Å². The number of nitriles is 1. The lowest BCUT2D eigenvalue weighted by Gasteiger charge is -2.18. The Kier molecular flexibility index (Phi) is 3.08. The summed E-state index contributed by atoms with van der Waals surface area (Å²) in [6.45, 7) is 6.85. The lowest BCUT2D eigenvalue weighted by Crippen LogP contribution is -2.17. The monoisotopic (exact) mass is 190 g/mol. The summed E-state index contributed by atoms with van der Waals surface area (Å²) >= 11 is 0. The SMILES string of the molecule is CC(C)(C)COc1cc(C#N)ccn1. The van der Waals surface area contributed by atoms with Gasteiger partial charge in [0.2, 0.25) is 5.88 Å². The van der Waals surface area contributed by atoms with Crippen LogP contribution in [0, 0.1) is 16.7 Å². The maximum atomic E-state index is 8.66. The molecular formula is C11H14N2O. The number of nitrogens with zero attached hydrogens (tertiary/aromatic N) is 2. The van der Waals surface area contributed by atoms with Gasteiger partial charge in [-0.3, -0.25) is 0 Å². The Balaban J connectivity index is 2.65. The van der Waals surface area contributed by atoms with Gasteiger partial charge in [0.15, 0.2) is 0 Å². The van der Waals surface area contributed by atoms with E-state index < -0.39 is 0 Å². The fourth-order valence-corrected chi connectivity index (χ4v) is 0.848. The fourth-order valence-electron chi connectivity index (χ4n) is 0.848. The molecular weight excluding hydrogens is 176 g/mol. The van der Waals surface area contributed by atoms with Crippen LogP contribution in [-0.2, 0) is 0 Å². The Bertz CT molecular complexity index is 347. The van der Waals surface area contributed by atoms with E-state index in [4.69, 9.17) is 10.00 Å². The number of ether oxygens (including phenoxy) is 1. The van der Waals surface area contributed by atoms with Crippen LogP contribution < -0.4 is 4.74 Å². The van der Waals surface area contributed by atoms with Crippen molar-refractivity contribution in [2.45, 2.75) is 20.8 Å². The van der Waals surface area contributed by atoms with Gasteiger partial charge >= 0.3 is 0 Å². The predicted octanol–water partition coefficient (Wildman–Crippen LogP) is 2.38. The molecule has 1 aromatic rings. The summed E-state index contributed by atoms with van der Waals surface area (Å²) in [6.07, 6.45) is 1.58. The van der Waals surface area contributed by atoms with Crippen LogP contribution in [0.5, 0.6) is 5.88 Å². The standard InChI is InChI=1S/C11H14N2O/c1-11(2,3)8-14-10-6-9(7-12)4-5-13-10/h4-6H,8H2,1-3H3. The second kappa shape index (κ2) is 4.10. The first kappa shape index (κ1) is 10.5. The molecule has 0 atom stereocenters. The van der Waals surface area contributed by atoms with Crippen LogP contribution in [0.2, 0.25) is 0 Å². The molecule has 0 amide bonds. The van der Waals surface area contributed by atoms with Gasteiger partial charge in [0, 0.05) is 12.3 Å². The predicted molar refractivity (Wildman–Crippen MR) is 53.9 cm³/mol. The molecule has 0 spiro atoms. The Morgan fingerprint density at radius 3 is 2.79 bits per heavy atom. The molecule has 3 heteroatoms. The summed E-state index contributed by atoms with van der Waals surface area (Å²) in [7, 11) is 0. The van der Waals surface area contributed by atoms with Crippen LogP contribution in [0.25, 0.3) is 0 Å². The van der Waals surface area contributed by atoms with E-state index in [-0.39, 0.29) is 5.41 Å². The molecule has 0 fully saturated rings. The van der Waals surface area contributed by atoms with Gasteiger partial charge in [0.1, 0.15) is 0 Å². The number of hydrogen-bond donors (Lipinski definition) is 0. The number of aromatic nitrogens is 1. The number of rotatable bonds is 2. The van der Waals surface area contributed by atoms with Crippen LogP contribution in [-0.4, -0.2) is 11.6 Å². The molecule has 0 N–H and O–H groups in total. The highest BCUT2D eigenvalue weighted by molar-refractivity contribution is 5.31. The van der Waals surface area contributed by atoms with Crippen molar-refractivity contribution in [3.05, 3.63) is 23.9 Å². The molecule has 0 bridgehead atoms. The van der Waals surface area contributed by atoms with Gasteiger partial charge in [0.05, 0.1) is 18.2 Å². The lowest BCUT2D eigenvalue weighted by molar-refractivity contribution is 0.191. The van der Waals surface area contributed by atoms with Crippen molar-refractivity contribution < 1.29 is 4.74 Å². The zero-order valence-corrected chi connectivity index (χ0v) is 8.74. The average molecular weight is 190 g/mol. The minimum atomic E-state index is 0.102. The van der Waals surface area contributed by atoms with E-state index in [9.17, 15) is 0 Å². The lowest BCUT2D eigenvalue weighted by atomic mass is 9.99. The maximum absolute atomic E-state index is 8.66. The molecule has 1 rings (SSSR count). The molecule has 1 heterocycles. The first-order chi connectivity index (χ1) is 6.51. The topological polar surface area (TPSA) is 45.9 Å². The van der Waals surface area contributed by atoms with Crippen LogP contribution in [0.1, 0.15) is 26.3 Å². The quantitative estimate of drug-likeness (QED) is 0.719. The molecule has 0 saturated heterocycles. The van der Waals surface area contributed by atoms with Crippen molar-refractivity contribution in [2.75, 3.05) is 6.61 Å². The fraction of sp³-hybridized carbons (Fsp3) is 0.455. The molecule has 0 unspecified atom stereocenters. The van der Waals surface area contributed by atoms with E-state index in [1.165, 1.54) is 0 Å². The molecule has 3 nitrogen and oxygen atoms in total. The molecule has 74 valence electrons. The van der Waals surface area contributed by atoms with Crippen molar-refractivity contribution in [2.24, 2.45) is 5.41 Å². The van der Waals surface area contributed by atoms with E-state index >= 15 is 0 Å². The molecule has 0 aromatic carbocycles. The molecule has 1 aromatic heterocycles. The van der Waals surface area contributed by atoms with Gasteiger partial charge in [0.25, 0.3) is 0 Å². The minimum Gasteiger partial charge on any atom is -0.477 e. The summed E-state index contributed by atoms with van der Waals surface area (Å²) in [4.78, 5) is 4.02. The van der Waals surface area contributed by atoms with Gasteiger partial charge in [-0.25, -0.2) is 4.98 Å². The number of pyridine rings is 1. The smallest absolute Gasteiger partial charge is 0.214 e. The second-order valence-electron chi connectivity index (χ2n) is 4.34. The largest absolute Gasteiger partial charge is 0.477 e. The first-order valence-corrected chi connectivity index (χ1v) is 4.50. The normalized spacial score (nSPS) is 10.7. The Hall–Kier alpha value is -1.56. The van der Waals surface area contributed by atoms with Crippen LogP contribution in [0.4, 0.5) is 0 Å². The molecule has 0 saturated carbocycles. The summed E-state index contributed by atoms with van der Waals surface area (Å²) in [5.74, 6) is 0.513. The van der Waals surface area contributed by atoms with Gasteiger partial charge in [-0.15, -0.1) is 0 Å². The molecule has 0 aliphatic heterocycles. The third-order valence-corrected chi connectivity index (χ3v) is 1.52. The van der Waals surface area contributed by atoms with Gasteiger partial charge in [-0.05, 0) is 11.5 Å². The first-order valence-electron chi connectivity index (χ1n) is 4.50. The maximum Gasteiger partial charge on any atom is 0.214 e. The van der Waals surface area contributed by atoms with Crippen molar-refractivity contribution in [3.63, 3.8) is 0 Å². The second-order valence-corrected chi connectivity index (χ2v) is 4.34. The minimum absolute atomic E-state index is 0.102. The average Bonchev–Trinajstić information content (AvgIpc) is 2.14. The third kappa shape index (κ3) is 3.44.